The minimum absolute atomic E-state index is 0.0193. The summed E-state index contributed by atoms with van der Waals surface area (Å²) in [7, 11) is 1.67. The van der Waals surface area contributed by atoms with Crippen LogP contribution in [-0.4, -0.2) is 33.5 Å². The zero-order valence-corrected chi connectivity index (χ0v) is 15.2. The van der Waals surface area contributed by atoms with Gasteiger partial charge in [0.15, 0.2) is 0 Å². The van der Waals surface area contributed by atoms with Crippen molar-refractivity contribution in [2.75, 3.05) is 7.11 Å². The third-order valence-corrected chi connectivity index (χ3v) is 4.00. The van der Waals surface area contributed by atoms with Crippen molar-refractivity contribution in [2.24, 2.45) is 5.92 Å². The standard InChI is InChI=1S/C19H27N3O2/c1-14(2)19(23)22(15(3)4)13-18-20-9-10-21(18)12-16-7-6-8-17(11-16)24-5/h6-11,14-15H,12-13H2,1-5H3. The molecule has 5 nitrogen and oxygen atoms in total. The van der Waals surface area contributed by atoms with Gasteiger partial charge in [0.25, 0.3) is 0 Å². The van der Waals surface area contributed by atoms with Gasteiger partial charge in [-0.3, -0.25) is 4.79 Å². The Morgan fingerprint density at radius 1 is 1.29 bits per heavy atom. The Morgan fingerprint density at radius 2 is 2.04 bits per heavy atom. The van der Waals surface area contributed by atoms with Crippen LogP contribution in [0.2, 0.25) is 0 Å². The third kappa shape index (κ3) is 4.37. The van der Waals surface area contributed by atoms with Crippen LogP contribution in [0, 0.1) is 5.92 Å². The first-order chi connectivity index (χ1) is 11.4. The van der Waals surface area contributed by atoms with Gasteiger partial charge < -0.3 is 14.2 Å². The predicted molar refractivity (Wildman–Crippen MR) is 94.8 cm³/mol. The molecule has 0 radical (unpaired) electrons. The molecular weight excluding hydrogens is 302 g/mol. The summed E-state index contributed by atoms with van der Waals surface area (Å²) in [6, 6.07) is 8.13. The van der Waals surface area contributed by atoms with E-state index >= 15 is 0 Å². The fourth-order valence-corrected chi connectivity index (χ4v) is 2.60. The number of nitrogens with zero attached hydrogens (tertiary/aromatic N) is 3. The quantitative estimate of drug-likeness (QED) is 0.783. The lowest BCUT2D eigenvalue weighted by atomic mass is 10.1. The summed E-state index contributed by atoms with van der Waals surface area (Å²) in [6.07, 6.45) is 3.74. The molecule has 130 valence electrons. The van der Waals surface area contributed by atoms with Crippen LogP contribution in [0.15, 0.2) is 36.7 Å². The van der Waals surface area contributed by atoms with Crippen LogP contribution in [0.5, 0.6) is 5.75 Å². The average Bonchev–Trinajstić information content (AvgIpc) is 2.98. The number of methoxy groups -OCH3 is 1. The van der Waals surface area contributed by atoms with E-state index in [4.69, 9.17) is 4.74 Å². The number of ether oxygens (including phenoxy) is 1. The van der Waals surface area contributed by atoms with Gasteiger partial charge in [0.1, 0.15) is 11.6 Å². The van der Waals surface area contributed by atoms with Crippen molar-refractivity contribution in [3.05, 3.63) is 48.0 Å². The zero-order chi connectivity index (χ0) is 17.7. The Labute approximate surface area is 144 Å². The molecule has 0 aliphatic carbocycles. The van der Waals surface area contributed by atoms with Gasteiger partial charge in [0.05, 0.1) is 13.7 Å². The molecule has 0 saturated heterocycles. The maximum atomic E-state index is 12.4. The van der Waals surface area contributed by atoms with Crippen molar-refractivity contribution >= 4 is 5.91 Å². The second kappa shape index (κ2) is 7.99. The smallest absolute Gasteiger partial charge is 0.225 e. The van der Waals surface area contributed by atoms with Crippen LogP contribution in [0.3, 0.4) is 0 Å². The molecule has 0 atom stereocenters. The zero-order valence-electron chi connectivity index (χ0n) is 15.2. The highest BCUT2D eigenvalue weighted by Gasteiger charge is 2.21. The molecule has 0 bridgehead atoms. The largest absolute Gasteiger partial charge is 0.497 e. The van der Waals surface area contributed by atoms with Crippen LogP contribution in [0.1, 0.15) is 39.1 Å². The minimum Gasteiger partial charge on any atom is -0.497 e. The molecule has 24 heavy (non-hydrogen) atoms. The topological polar surface area (TPSA) is 47.4 Å². The van der Waals surface area contributed by atoms with E-state index < -0.39 is 0 Å². The van der Waals surface area contributed by atoms with Gasteiger partial charge in [-0.15, -0.1) is 0 Å². The number of amides is 1. The van der Waals surface area contributed by atoms with Crippen LogP contribution >= 0.6 is 0 Å². The van der Waals surface area contributed by atoms with Crippen molar-refractivity contribution in [3.8, 4) is 5.75 Å². The van der Waals surface area contributed by atoms with E-state index in [-0.39, 0.29) is 17.9 Å². The van der Waals surface area contributed by atoms with Crippen LogP contribution in [0.4, 0.5) is 0 Å². The van der Waals surface area contributed by atoms with Crippen molar-refractivity contribution in [3.63, 3.8) is 0 Å². The Kier molecular flexibility index (Phi) is 6.01. The Balaban J connectivity index is 2.18. The Hall–Kier alpha value is -2.30. The summed E-state index contributed by atoms with van der Waals surface area (Å²) in [5.74, 6) is 1.86. The second-order valence-electron chi connectivity index (χ2n) is 6.54. The van der Waals surface area contributed by atoms with Crippen molar-refractivity contribution in [2.45, 2.75) is 46.8 Å². The molecule has 1 aromatic carbocycles. The fraction of sp³-hybridized carbons (Fsp3) is 0.474. The lowest BCUT2D eigenvalue weighted by Gasteiger charge is -2.28. The molecule has 2 rings (SSSR count). The highest BCUT2D eigenvalue weighted by Crippen LogP contribution is 2.16. The maximum Gasteiger partial charge on any atom is 0.225 e. The van der Waals surface area contributed by atoms with E-state index in [1.165, 1.54) is 0 Å². The number of imidazole rings is 1. The highest BCUT2D eigenvalue weighted by molar-refractivity contribution is 5.78. The van der Waals surface area contributed by atoms with E-state index in [2.05, 4.69) is 15.6 Å². The molecule has 0 fully saturated rings. The lowest BCUT2D eigenvalue weighted by Crippen LogP contribution is -2.39. The van der Waals surface area contributed by atoms with Gasteiger partial charge >= 0.3 is 0 Å². The lowest BCUT2D eigenvalue weighted by molar-refractivity contribution is -0.137. The molecule has 1 heterocycles. The summed E-state index contributed by atoms with van der Waals surface area (Å²) < 4.78 is 7.36. The molecule has 5 heteroatoms. The van der Waals surface area contributed by atoms with E-state index in [1.807, 2.05) is 57.0 Å². The van der Waals surface area contributed by atoms with E-state index in [0.29, 0.717) is 13.1 Å². The maximum absolute atomic E-state index is 12.4. The first-order valence-electron chi connectivity index (χ1n) is 8.35. The molecule has 0 saturated carbocycles. The third-order valence-electron chi connectivity index (χ3n) is 4.00. The molecular formula is C19H27N3O2. The molecule has 0 aliphatic heterocycles. The van der Waals surface area contributed by atoms with Crippen LogP contribution in [-0.2, 0) is 17.9 Å². The van der Waals surface area contributed by atoms with E-state index in [0.717, 1.165) is 17.1 Å². The summed E-state index contributed by atoms with van der Waals surface area (Å²) in [6.45, 7) is 9.16. The predicted octanol–water partition coefficient (Wildman–Crippen LogP) is 3.33. The summed E-state index contributed by atoms with van der Waals surface area (Å²) >= 11 is 0. The first kappa shape index (κ1) is 18.0. The minimum atomic E-state index is -0.0193. The number of hydrogen-bond donors (Lipinski definition) is 0. The van der Waals surface area contributed by atoms with Crippen LogP contribution in [0.25, 0.3) is 0 Å². The summed E-state index contributed by atoms with van der Waals surface area (Å²) in [5.41, 5.74) is 1.14. The van der Waals surface area contributed by atoms with E-state index in [9.17, 15) is 4.79 Å². The van der Waals surface area contributed by atoms with Gasteiger partial charge in [-0.1, -0.05) is 26.0 Å². The van der Waals surface area contributed by atoms with Crippen LogP contribution < -0.4 is 4.74 Å². The highest BCUT2D eigenvalue weighted by atomic mass is 16.5. The van der Waals surface area contributed by atoms with Crippen molar-refractivity contribution in [1.82, 2.24) is 14.5 Å². The molecule has 0 aliphatic rings. The van der Waals surface area contributed by atoms with Gasteiger partial charge in [-0.05, 0) is 31.5 Å². The van der Waals surface area contributed by atoms with Crippen molar-refractivity contribution in [1.29, 1.82) is 0 Å². The molecule has 0 spiro atoms. The fourth-order valence-electron chi connectivity index (χ4n) is 2.60. The average molecular weight is 329 g/mol. The molecule has 0 unspecified atom stereocenters. The first-order valence-corrected chi connectivity index (χ1v) is 8.35. The molecule has 1 amide bonds. The Morgan fingerprint density at radius 3 is 2.67 bits per heavy atom. The number of benzene rings is 1. The van der Waals surface area contributed by atoms with Gasteiger partial charge in [0.2, 0.25) is 5.91 Å². The number of rotatable bonds is 7. The molecule has 0 N–H and O–H groups in total. The summed E-state index contributed by atoms with van der Waals surface area (Å²) in [4.78, 5) is 18.8. The number of hydrogen-bond acceptors (Lipinski definition) is 3. The Bertz CT molecular complexity index is 677. The molecule has 1 aromatic heterocycles. The van der Waals surface area contributed by atoms with E-state index in [1.54, 1.807) is 13.3 Å². The van der Waals surface area contributed by atoms with Gasteiger partial charge in [-0.25, -0.2) is 4.98 Å². The normalized spacial score (nSPS) is 11.1. The number of carbonyl (C=O) groups is 1. The molecule has 2 aromatic rings. The summed E-state index contributed by atoms with van der Waals surface area (Å²) in [5, 5.41) is 0. The second-order valence-corrected chi connectivity index (χ2v) is 6.54. The van der Waals surface area contributed by atoms with Crippen molar-refractivity contribution < 1.29 is 9.53 Å². The SMILES string of the molecule is COc1cccc(Cn2ccnc2CN(C(=O)C(C)C)C(C)C)c1. The number of carbonyl (C=O) groups excluding carboxylic acids is 1. The van der Waals surface area contributed by atoms with Gasteiger partial charge in [0, 0.05) is 30.9 Å². The monoisotopic (exact) mass is 329 g/mol. The number of aromatic nitrogens is 2. The van der Waals surface area contributed by atoms with Gasteiger partial charge in [-0.2, -0.15) is 0 Å².